The summed E-state index contributed by atoms with van der Waals surface area (Å²) in [5, 5.41) is 2.99. The van der Waals surface area contributed by atoms with Gasteiger partial charge in [-0.25, -0.2) is 8.42 Å². The van der Waals surface area contributed by atoms with Crippen molar-refractivity contribution in [2.45, 2.75) is 17.9 Å². The van der Waals surface area contributed by atoms with Crippen LogP contribution in [-0.2, 0) is 21.3 Å². The van der Waals surface area contributed by atoms with E-state index in [4.69, 9.17) is 4.74 Å². The van der Waals surface area contributed by atoms with Crippen LogP contribution in [-0.4, -0.2) is 51.6 Å². The van der Waals surface area contributed by atoms with Gasteiger partial charge in [0.25, 0.3) is 0 Å². The van der Waals surface area contributed by atoms with Crippen molar-refractivity contribution in [3.05, 3.63) is 29.6 Å². The van der Waals surface area contributed by atoms with E-state index in [1.54, 1.807) is 19.4 Å². The smallest absolute Gasteiger partial charge is 0.244 e. The summed E-state index contributed by atoms with van der Waals surface area (Å²) in [6.07, 6.45) is 4.21. The van der Waals surface area contributed by atoms with E-state index >= 15 is 0 Å². The van der Waals surface area contributed by atoms with E-state index in [1.807, 2.05) is 13.1 Å². The van der Waals surface area contributed by atoms with Crippen LogP contribution in [0.5, 0.6) is 0 Å². The Hall–Kier alpha value is -1.15. The Morgan fingerprint density at radius 2 is 2.30 bits per heavy atom. The molecule has 0 radical (unpaired) electrons. The molecule has 2 N–H and O–H groups in total. The molecule has 2 rings (SSSR count). The second-order valence-electron chi connectivity index (χ2n) is 4.80. The van der Waals surface area contributed by atoms with Crippen molar-refractivity contribution in [2.75, 3.05) is 33.9 Å². The molecule has 112 valence electrons. The van der Waals surface area contributed by atoms with Gasteiger partial charge in [0.1, 0.15) is 0 Å². The third kappa shape index (κ3) is 3.29. The molecule has 0 aliphatic carbocycles. The number of aromatic amines is 1. The first-order valence-corrected chi connectivity index (χ1v) is 8.01. The Labute approximate surface area is 119 Å². The molecule has 1 aliphatic rings. The van der Waals surface area contributed by atoms with E-state index < -0.39 is 10.0 Å². The van der Waals surface area contributed by atoms with E-state index in [2.05, 4.69) is 10.3 Å². The fourth-order valence-corrected chi connectivity index (χ4v) is 3.64. The van der Waals surface area contributed by atoms with Crippen LogP contribution in [0.25, 0.3) is 0 Å². The Balaban J connectivity index is 2.11. The average Bonchev–Trinajstić information content (AvgIpc) is 2.90. The number of rotatable bonds is 6. The first-order chi connectivity index (χ1) is 9.57. The molecule has 1 aromatic heterocycles. The molecule has 0 amide bonds. The lowest BCUT2D eigenvalue weighted by Gasteiger charge is -2.25. The lowest BCUT2D eigenvalue weighted by atomic mass is 10.1. The molecule has 20 heavy (non-hydrogen) atoms. The normalized spacial score (nSPS) is 17.2. The number of sulfonamides is 1. The first kappa shape index (κ1) is 15.2. The van der Waals surface area contributed by atoms with E-state index in [9.17, 15) is 8.42 Å². The number of aromatic nitrogens is 1. The van der Waals surface area contributed by atoms with Gasteiger partial charge in [-0.15, -0.1) is 0 Å². The van der Waals surface area contributed by atoms with Gasteiger partial charge in [0, 0.05) is 38.6 Å². The van der Waals surface area contributed by atoms with Crippen molar-refractivity contribution in [1.82, 2.24) is 14.6 Å². The number of ether oxygens (including phenoxy) is 1. The third-order valence-corrected chi connectivity index (χ3v) is 5.16. The van der Waals surface area contributed by atoms with Crippen LogP contribution in [0.2, 0.25) is 0 Å². The second kappa shape index (κ2) is 6.53. The zero-order valence-corrected chi connectivity index (χ0v) is 12.7. The Morgan fingerprint density at radius 3 is 2.90 bits per heavy atom. The van der Waals surface area contributed by atoms with Gasteiger partial charge in [-0.3, -0.25) is 0 Å². The molecule has 0 saturated heterocycles. The quantitative estimate of drug-likeness (QED) is 0.758. The van der Waals surface area contributed by atoms with Gasteiger partial charge in [0.05, 0.1) is 11.5 Å². The Bertz CT molecular complexity index is 577. The van der Waals surface area contributed by atoms with Gasteiger partial charge in [0.2, 0.25) is 10.0 Å². The van der Waals surface area contributed by atoms with Gasteiger partial charge in [-0.1, -0.05) is 6.08 Å². The summed E-state index contributed by atoms with van der Waals surface area (Å²) in [7, 11) is 0.0581. The van der Waals surface area contributed by atoms with Gasteiger partial charge in [-0.05, 0) is 25.1 Å². The summed E-state index contributed by atoms with van der Waals surface area (Å²) >= 11 is 0. The lowest BCUT2D eigenvalue weighted by molar-refractivity contribution is 0.219. The molecule has 2 heterocycles. The number of nitrogens with one attached hydrogen (secondary N) is 2. The predicted molar refractivity (Wildman–Crippen MR) is 76.9 cm³/mol. The first-order valence-electron chi connectivity index (χ1n) is 6.57. The van der Waals surface area contributed by atoms with Gasteiger partial charge < -0.3 is 15.0 Å². The van der Waals surface area contributed by atoms with Crippen LogP contribution in [0.15, 0.2) is 28.8 Å². The standard InChI is InChI=1S/C13H21N3O3S/c1-14-8-12-7-13(9-15-12)20(17,18)16-5-3-11(4-6-16)10-19-2/h3,7,9,14-15H,4-6,8,10H2,1-2H3. The minimum absolute atomic E-state index is 0.325. The number of H-pyrrole nitrogens is 1. The van der Waals surface area contributed by atoms with Crippen molar-refractivity contribution < 1.29 is 13.2 Å². The van der Waals surface area contributed by atoms with Crippen LogP contribution in [0.1, 0.15) is 12.1 Å². The second-order valence-corrected chi connectivity index (χ2v) is 6.74. The maximum atomic E-state index is 12.5. The van der Waals surface area contributed by atoms with Crippen LogP contribution >= 0.6 is 0 Å². The van der Waals surface area contributed by atoms with Crippen molar-refractivity contribution in [3.8, 4) is 0 Å². The Morgan fingerprint density at radius 1 is 1.50 bits per heavy atom. The van der Waals surface area contributed by atoms with Crippen LogP contribution in [0.4, 0.5) is 0 Å². The van der Waals surface area contributed by atoms with Crippen molar-refractivity contribution in [1.29, 1.82) is 0 Å². The van der Waals surface area contributed by atoms with Crippen LogP contribution < -0.4 is 5.32 Å². The zero-order valence-electron chi connectivity index (χ0n) is 11.8. The molecular weight excluding hydrogens is 278 g/mol. The number of hydrogen-bond acceptors (Lipinski definition) is 4. The summed E-state index contributed by atoms with van der Waals surface area (Å²) in [6, 6.07) is 1.68. The minimum Gasteiger partial charge on any atom is -0.380 e. The van der Waals surface area contributed by atoms with Crippen molar-refractivity contribution >= 4 is 10.0 Å². The highest BCUT2D eigenvalue weighted by atomic mass is 32.2. The summed E-state index contributed by atoms with van der Waals surface area (Å²) in [5.74, 6) is 0. The summed E-state index contributed by atoms with van der Waals surface area (Å²) in [5.41, 5.74) is 2.02. The predicted octanol–water partition coefficient (Wildman–Crippen LogP) is 0.701. The van der Waals surface area contributed by atoms with Gasteiger partial charge in [-0.2, -0.15) is 4.31 Å². The molecule has 1 aromatic rings. The molecule has 0 unspecified atom stereocenters. The monoisotopic (exact) mass is 299 g/mol. The molecule has 0 fully saturated rings. The van der Waals surface area contributed by atoms with E-state index in [0.29, 0.717) is 31.1 Å². The van der Waals surface area contributed by atoms with E-state index in [1.165, 1.54) is 4.31 Å². The van der Waals surface area contributed by atoms with E-state index in [0.717, 1.165) is 17.7 Å². The van der Waals surface area contributed by atoms with E-state index in [-0.39, 0.29) is 0 Å². The van der Waals surface area contributed by atoms with Crippen LogP contribution in [0.3, 0.4) is 0 Å². The minimum atomic E-state index is -3.41. The maximum absolute atomic E-state index is 12.5. The topological polar surface area (TPSA) is 74.4 Å². The molecule has 0 aromatic carbocycles. The fourth-order valence-electron chi connectivity index (χ4n) is 2.24. The maximum Gasteiger partial charge on any atom is 0.244 e. The molecule has 0 spiro atoms. The van der Waals surface area contributed by atoms with Crippen molar-refractivity contribution in [2.24, 2.45) is 0 Å². The molecule has 0 atom stereocenters. The van der Waals surface area contributed by atoms with Gasteiger partial charge >= 0.3 is 0 Å². The lowest BCUT2D eigenvalue weighted by Crippen LogP contribution is -2.35. The highest BCUT2D eigenvalue weighted by molar-refractivity contribution is 7.89. The largest absolute Gasteiger partial charge is 0.380 e. The average molecular weight is 299 g/mol. The summed E-state index contributed by atoms with van der Waals surface area (Å²) in [4.78, 5) is 3.30. The number of nitrogens with zero attached hydrogens (tertiary/aromatic N) is 1. The molecule has 0 saturated carbocycles. The fraction of sp³-hybridized carbons (Fsp3) is 0.538. The Kier molecular flexibility index (Phi) is 4.98. The summed E-state index contributed by atoms with van der Waals surface area (Å²) in [6.45, 7) is 2.11. The van der Waals surface area contributed by atoms with Crippen LogP contribution in [0, 0.1) is 0 Å². The number of hydrogen-bond donors (Lipinski definition) is 2. The number of methoxy groups -OCH3 is 1. The third-order valence-electron chi connectivity index (χ3n) is 3.32. The molecule has 7 heteroatoms. The zero-order chi connectivity index (χ0) is 14.6. The summed E-state index contributed by atoms with van der Waals surface area (Å²) < 4.78 is 31.6. The molecule has 6 nitrogen and oxygen atoms in total. The highest BCUT2D eigenvalue weighted by Crippen LogP contribution is 2.21. The molecular formula is C13H21N3O3S. The molecule has 0 bridgehead atoms. The SMILES string of the molecule is CNCc1cc(S(=O)(=O)N2CC=C(COC)CC2)c[nH]1. The highest BCUT2D eigenvalue weighted by Gasteiger charge is 2.26. The van der Waals surface area contributed by atoms with Crippen molar-refractivity contribution in [3.63, 3.8) is 0 Å². The molecule has 1 aliphatic heterocycles. The van der Waals surface area contributed by atoms with Gasteiger partial charge in [0.15, 0.2) is 0 Å².